The molecule has 2 N–H and O–H groups in total. The molecule has 5 aliphatic carbocycles. The number of fused-ring (bicyclic) bond motifs is 7. The molecule has 0 aromatic rings. The molecule has 5 rings (SSSR count). The van der Waals surface area contributed by atoms with E-state index in [-0.39, 0.29) is 45.4 Å². The summed E-state index contributed by atoms with van der Waals surface area (Å²) >= 11 is 0. The summed E-state index contributed by atoms with van der Waals surface area (Å²) in [4.78, 5) is 24.7. The van der Waals surface area contributed by atoms with Gasteiger partial charge >= 0.3 is 5.97 Å². The van der Waals surface area contributed by atoms with Crippen LogP contribution in [0.25, 0.3) is 0 Å². The van der Waals surface area contributed by atoms with Crippen molar-refractivity contribution < 1.29 is 24.5 Å². The summed E-state index contributed by atoms with van der Waals surface area (Å²) in [7, 11) is 0. The molecule has 0 aromatic heterocycles. The van der Waals surface area contributed by atoms with E-state index in [2.05, 4.69) is 20.8 Å². The average Bonchev–Trinajstić information content (AvgIpc) is 3.16. The minimum atomic E-state index is -1.02. The molecule has 0 saturated heterocycles. The summed E-state index contributed by atoms with van der Waals surface area (Å²) in [6, 6.07) is 0. The number of ether oxygens (including phenoxy) is 1. The molecule has 0 aliphatic heterocycles. The number of hydrogen-bond donors (Lipinski definition) is 2. The maximum absolute atomic E-state index is 12.9. The zero-order chi connectivity index (χ0) is 25.6. The second-order valence-electron chi connectivity index (χ2n) is 14.4. The lowest BCUT2D eigenvalue weighted by Crippen LogP contribution is -2.68. The molecular formula is C30H48O5. The van der Waals surface area contributed by atoms with Crippen molar-refractivity contribution in [2.24, 2.45) is 51.2 Å². The summed E-state index contributed by atoms with van der Waals surface area (Å²) in [6.07, 6.45) is 9.34. The van der Waals surface area contributed by atoms with Crippen LogP contribution in [0.4, 0.5) is 0 Å². The number of carbonyl (C=O) groups excluding carboxylic acids is 2. The van der Waals surface area contributed by atoms with Gasteiger partial charge in [-0.15, -0.1) is 0 Å². The topological polar surface area (TPSA) is 83.8 Å². The summed E-state index contributed by atoms with van der Waals surface area (Å²) in [5.41, 5.74) is -0.810. The highest BCUT2D eigenvalue weighted by Crippen LogP contribution is 2.76. The van der Waals surface area contributed by atoms with Crippen LogP contribution in [0.5, 0.6) is 0 Å². The van der Waals surface area contributed by atoms with Crippen LogP contribution in [0.2, 0.25) is 0 Å². The van der Waals surface area contributed by atoms with Gasteiger partial charge in [-0.05, 0) is 118 Å². The normalized spacial score (nSPS) is 55.2. The Hall–Kier alpha value is -0.940. The van der Waals surface area contributed by atoms with Crippen molar-refractivity contribution in [1.82, 2.24) is 0 Å². The highest BCUT2D eigenvalue weighted by Gasteiger charge is 2.71. The fourth-order valence-electron chi connectivity index (χ4n) is 11.3. The molecule has 5 heteroatoms. The molecule has 0 radical (unpaired) electrons. The van der Waals surface area contributed by atoms with Gasteiger partial charge in [-0.25, -0.2) is 0 Å². The highest BCUT2D eigenvalue weighted by molar-refractivity contribution is 5.79. The van der Waals surface area contributed by atoms with Crippen LogP contribution in [-0.4, -0.2) is 40.3 Å². The summed E-state index contributed by atoms with van der Waals surface area (Å²) in [5.74, 6) is 1.55. The lowest BCUT2D eigenvalue weighted by Gasteiger charge is -2.72. The number of carbonyl (C=O) groups is 2. The molecule has 5 fully saturated rings. The maximum atomic E-state index is 12.9. The van der Waals surface area contributed by atoms with Crippen LogP contribution in [0.15, 0.2) is 0 Å². The van der Waals surface area contributed by atoms with Gasteiger partial charge in [-0.1, -0.05) is 20.8 Å². The van der Waals surface area contributed by atoms with Crippen LogP contribution >= 0.6 is 0 Å². The lowest BCUT2D eigenvalue weighted by atomic mass is 9.33. The van der Waals surface area contributed by atoms with Crippen LogP contribution in [-0.2, 0) is 14.3 Å². The van der Waals surface area contributed by atoms with E-state index in [1.54, 1.807) is 6.92 Å². The zero-order valence-electron chi connectivity index (χ0n) is 22.9. The Balaban J connectivity index is 1.53. The van der Waals surface area contributed by atoms with E-state index in [0.29, 0.717) is 30.6 Å². The van der Waals surface area contributed by atoms with Gasteiger partial charge in [0.05, 0.1) is 18.3 Å². The first-order valence-corrected chi connectivity index (χ1v) is 14.3. The fourth-order valence-corrected chi connectivity index (χ4v) is 11.3. The number of aliphatic hydroxyl groups is 2. The average molecular weight is 489 g/mol. The van der Waals surface area contributed by atoms with E-state index >= 15 is 0 Å². The first-order chi connectivity index (χ1) is 16.2. The predicted molar refractivity (Wildman–Crippen MR) is 134 cm³/mol. The molecule has 0 amide bonds. The van der Waals surface area contributed by atoms with Gasteiger partial charge in [-0.2, -0.15) is 0 Å². The number of esters is 1. The van der Waals surface area contributed by atoms with Crippen LogP contribution in [0.3, 0.4) is 0 Å². The number of rotatable bonds is 3. The summed E-state index contributed by atoms with van der Waals surface area (Å²) in [6.45, 7) is 13.1. The minimum Gasteiger partial charge on any atom is -0.465 e. The van der Waals surface area contributed by atoms with Gasteiger partial charge in [-0.3, -0.25) is 9.59 Å². The molecule has 35 heavy (non-hydrogen) atoms. The smallest absolute Gasteiger partial charge is 0.302 e. The van der Waals surface area contributed by atoms with Gasteiger partial charge in [0, 0.05) is 18.3 Å². The Morgan fingerprint density at radius 3 is 2.20 bits per heavy atom. The molecule has 0 bridgehead atoms. The third-order valence-electron chi connectivity index (χ3n) is 13.3. The van der Waals surface area contributed by atoms with E-state index in [1.807, 2.05) is 6.92 Å². The second-order valence-corrected chi connectivity index (χ2v) is 14.4. The van der Waals surface area contributed by atoms with Gasteiger partial charge in [0.2, 0.25) is 0 Å². The van der Waals surface area contributed by atoms with E-state index in [9.17, 15) is 19.8 Å². The minimum absolute atomic E-state index is 0.0195. The molecule has 0 aromatic carbocycles. The molecular weight excluding hydrogens is 440 g/mol. The Bertz CT molecular complexity index is 897. The van der Waals surface area contributed by atoms with E-state index < -0.39 is 11.7 Å². The lowest BCUT2D eigenvalue weighted by molar-refractivity contribution is -0.265. The van der Waals surface area contributed by atoms with Crippen LogP contribution in [0, 0.1) is 51.2 Å². The zero-order valence-corrected chi connectivity index (χ0v) is 22.9. The molecule has 0 spiro atoms. The molecule has 198 valence electrons. The van der Waals surface area contributed by atoms with Gasteiger partial charge in [0.15, 0.2) is 0 Å². The van der Waals surface area contributed by atoms with E-state index in [1.165, 1.54) is 6.92 Å². The van der Waals surface area contributed by atoms with Gasteiger partial charge in [0.25, 0.3) is 0 Å². The molecule has 5 nitrogen and oxygen atoms in total. The third kappa shape index (κ3) is 3.32. The van der Waals surface area contributed by atoms with Crippen molar-refractivity contribution in [2.45, 2.75) is 117 Å². The molecule has 5 aliphatic rings. The standard InChI is InChI=1S/C30H48O5/c1-18(31)20-9-14-30(17-35-19(2)32)16-15-27(4)21(25(20)30)7-8-22-26(3)12-11-24(33)29(6,34)23(26)10-13-28(22,27)5/h20-25,33-34H,7-17H2,1-6H3/t20-,21+,22+,23+,24-,25+,26+,27+,28+,29+,30+/m0/s1. The fraction of sp³-hybridized carbons (Fsp3) is 0.933. The third-order valence-corrected chi connectivity index (χ3v) is 13.3. The van der Waals surface area contributed by atoms with Crippen LogP contribution < -0.4 is 0 Å². The first kappa shape index (κ1) is 25.7. The predicted octanol–water partition coefficient (Wildman–Crippen LogP) is 5.31. The molecule has 11 atom stereocenters. The number of ketones is 1. The van der Waals surface area contributed by atoms with Crippen molar-refractivity contribution >= 4 is 11.8 Å². The molecule has 5 saturated carbocycles. The SMILES string of the molecule is CC(=O)OC[C@]12CC[C@@H](C(C)=O)[C@@H]1[C@H]1CC[C@@H]3[C@@]4(C)CC[C@H](O)[C@](C)(O)[C@@H]4CC[C@@]3(C)[C@]1(C)CC2. The quantitative estimate of drug-likeness (QED) is 0.526. The van der Waals surface area contributed by atoms with Crippen molar-refractivity contribution in [3.05, 3.63) is 0 Å². The van der Waals surface area contributed by atoms with Crippen molar-refractivity contribution in [3.63, 3.8) is 0 Å². The van der Waals surface area contributed by atoms with Crippen molar-refractivity contribution in [1.29, 1.82) is 0 Å². The second kappa shape index (κ2) is 8.03. The van der Waals surface area contributed by atoms with Crippen LogP contribution in [0.1, 0.15) is 106 Å². The Morgan fingerprint density at radius 1 is 0.829 bits per heavy atom. The maximum Gasteiger partial charge on any atom is 0.302 e. The molecule has 0 heterocycles. The number of Topliss-reactive ketones (excluding diaryl/α,β-unsaturated/α-hetero) is 1. The highest BCUT2D eigenvalue weighted by atomic mass is 16.5. The van der Waals surface area contributed by atoms with Gasteiger partial charge in [0.1, 0.15) is 5.78 Å². The summed E-state index contributed by atoms with van der Waals surface area (Å²) < 4.78 is 5.68. The molecule has 0 unspecified atom stereocenters. The first-order valence-electron chi connectivity index (χ1n) is 14.3. The number of hydrogen-bond acceptors (Lipinski definition) is 5. The Morgan fingerprint density at radius 2 is 1.54 bits per heavy atom. The Labute approximate surface area is 211 Å². The summed E-state index contributed by atoms with van der Waals surface area (Å²) in [5, 5.41) is 22.1. The monoisotopic (exact) mass is 488 g/mol. The van der Waals surface area contributed by atoms with Crippen molar-refractivity contribution in [3.8, 4) is 0 Å². The number of aliphatic hydroxyl groups excluding tert-OH is 1. The van der Waals surface area contributed by atoms with E-state index in [0.717, 1.165) is 57.8 Å². The Kier molecular flexibility index (Phi) is 5.89. The van der Waals surface area contributed by atoms with Crippen molar-refractivity contribution in [2.75, 3.05) is 6.61 Å². The van der Waals surface area contributed by atoms with E-state index in [4.69, 9.17) is 4.74 Å². The largest absolute Gasteiger partial charge is 0.465 e. The van der Waals surface area contributed by atoms with Gasteiger partial charge < -0.3 is 14.9 Å².